The molecule has 0 saturated heterocycles. The van der Waals surface area contributed by atoms with Gasteiger partial charge in [0.05, 0.1) is 11.5 Å². The highest BCUT2D eigenvalue weighted by molar-refractivity contribution is 5.94. The third kappa shape index (κ3) is 4.32. The molecule has 0 bridgehead atoms. The molecule has 2 rings (SSSR count). The molecule has 2 atom stereocenters. The first-order valence-electron chi connectivity index (χ1n) is 7.62. The number of nitrogens with zero attached hydrogens (tertiary/aromatic N) is 1. The molecule has 2 aromatic rings. The maximum Gasteiger partial charge on any atom is 0.308 e. The second-order valence-electron chi connectivity index (χ2n) is 5.76. The number of carboxylic acids is 1. The van der Waals surface area contributed by atoms with Gasteiger partial charge in [0.25, 0.3) is 5.91 Å². The Labute approximate surface area is 139 Å². The van der Waals surface area contributed by atoms with E-state index in [1.54, 1.807) is 14.0 Å². The molecule has 0 aliphatic rings. The summed E-state index contributed by atoms with van der Waals surface area (Å²) < 4.78 is 1.30. The molecule has 0 spiro atoms. The van der Waals surface area contributed by atoms with E-state index in [1.807, 2.05) is 30.3 Å². The largest absolute Gasteiger partial charge is 0.481 e. The summed E-state index contributed by atoms with van der Waals surface area (Å²) >= 11 is 0. The van der Waals surface area contributed by atoms with Crippen LogP contribution in [0.4, 0.5) is 0 Å². The Hall–Kier alpha value is -2.89. The molecule has 126 valence electrons. The number of aryl methyl sites for hydroxylation is 1. The summed E-state index contributed by atoms with van der Waals surface area (Å²) in [5, 5.41) is 12.2. The number of pyridine rings is 1. The fourth-order valence-corrected chi connectivity index (χ4v) is 2.46. The van der Waals surface area contributed by atoms with Crippen molar-refractivity contribution in [1.29, 1.82) is 0 Å². The minimum Gasteiger partial charge on any atom is -0.481 e. The normalized spacial score (nSPS) is 13.1. The predicted molar refractivity (Wildman–Crippen MR) is 89.9 cm³/mol. The summed E-state index contributed by atoms with van der Waals surface area (Å²) in [4.78, 5) is 35.2. The molecular formula is C18H20N2O4. The van der Waals surface area contributed by atoms with E-state index in [-0.39, 0.29) is 5.56 Å². The van der Waals surface area contributed by atoms with E-state index < -0.39 is 23.8 Å². The van der Waals surface area contributed by atoms with Gasteiger partial charge in [-0.05, 0) is 25.0 Å². The van der Waals surface area contributed by atoms with Crippen LogP contribution in [0, 0.1) is 5.92 Å². The lowest BCUT2D eigenvalue weighted by molar-refractivity contribution is -0.142. The van der Waals surface area contributed by atoms with Crippen LogP contribution in [0.5, 0.6) is 0 Å². The zero-order valence-electron chi connectivity index (χ0n) is 13.6. The summed E-state index contributed by atoms with van der Waals surface area (Å²) in [5.74, 6) is -2.12. The predicted octanol–water partition coefficient (Wildman–Crippen LogP) is 1.45. The van der Waals surface area contributed by atoms with Gasteiger partial charge in [-0.3, -0.25) is 14.4 Å². The Balaban J connectivity index is 2.10. The minimum absolute atomic E-state index is 0.216. The van der Waals surface area contributed by atoms with Crippen molar-refractivity contribution < 1.29 is 14.7 Å². The average molecular weight is 328 g/mol. The van der Waals surface area contributed by atoms with Gasteiger partial charge in [-0.2, -0.15) is 0 Å². The van der Waals surface area contributed by atoms with E-state index in [9.17, 15) is 19.5 Å². The van der Waals surface area contributed by atoms with Crippen LogP contribution in [0.1, 0.15) is 22.8 Å². The number of hydrogen-bond donors (Lipinski definition) is 2. The highest BCUT2D eigenvalue weighted by Gasteiger charge is 2.26. The van der Waals surface area contributed by atoms with Gasteiger partial charge >= 0.3 is 5.97 Å². The van der Waals surface area contributed by atoms with Crippen molar-refractivity contribution in [3.63, 3.8) is 0 Å². The number of aromatic nitrogens is 1. The molecule has 6 nitrogen and oxygen atoms in total. The van der Waals surface area contributed by atoms with E-state index in [2.05, 4.69) is 5.32 Å². The maximum atomic E-state index is 12.3. The molecule has 1 amide bonds. The molecule has 2 unspecified atom stereocenters. The van der Waals surface area contributed by atoms with E-state index in [0.29, 0.717) is 12.0 Å². The van der Waals surface area contributed by atoms with Crippen LogP contribution in [0.3, 0.4) is 0 Å². The van der Waals surface area contributed by atoms with Gasteiger partial charge in [0.15, 0.2) is 0 Å². The Morgan fingerprint density at radius 1 is 1.17 bits per heavy atom. The number of benzene rings is 1. The lowest BCUT2D eigenvalue weighted by Gasteiger charge is -2.21. The van der Waals surface area contributed by atoms with Crippen LogP contribution >= 0.6 is 0 Å². The van der Waals surface area contributed by atoms with Crippen LogP contribution < -0.4 is 10.9 Å². The lowest BCUT2D eigenvalue weighted by Crippen LogP contribution is -2.42. The highest BCUT2D eigenvalue weighted by atomic mass is 16.4. The molecule has 0 radical (unpaired) electrons. The second-order valence-corrected chi connectivity index (χ2v) is 5.76. The second kappa shape index (κ2) is 7.59. The fourth-order valence-electron chi connectivity index (χ4n) is 2.46. The van der Waals surface area contributed by atoms with Crippen LogP contribution in [0.2, 0.25) is 0 Å². The van der Waals surface area contributed by atoms with Gasteiger partial charge in [0.1, 0.15) is 0 Å². The summed E-state index contributed by atoms with van der Waals surface area (Å²) in [7, 11) is 1.55. The first kappa shape index (κ1) is 17.5. The van der Waals surface area contributed by atoms with Crippen LogP contribution in [-0.4, -0.2) is 27.6 Å². The molecule has 6 heteroatoms. The quantitative estimate of drug-likeness (QED) is 0.840. The summed E-state index contributed by atoms with van der Waals surface area (Å²) in [6.45, 7) is 1.67. The number of carbonyl (C=O) groups excluding carboxylic acids is 1. The van der Waals surface area contributed by atoms with Crippen LogP contribution in [0.25, 0.3) is 0 Å². The standard InChI is InChI=1S/C18H20N2O4/c1-12(15(18(23)24)10-13-6-4-3-5-7-13)19-17(22)14-8-9-16(21)20(2)11-14/h3-9,11-12,15H,10H2,1-2H3,(H,19,22)(H,23,24). The SMILES string of the molecule is CC(NC(=O)c1ccc(=O)n(C)c1)C(Cc1ccccc1)C(=O)O. The van der Waals surface area contributed by atoms with Gasteiger partial charge in [-0.25, -0.2) is 0 Å². The van der Waals surface area contributed by atoms with Crippen molar-refractivity contribution in [1.82, 2.24) is 9.88 Å². The Kier molecular flexibility index (Phi) is 5.52. The van der Waals surface area contributed by atoms with Crippen LogP contribution in [0.15, 0.2) is 53.5 Å². The average Bonchev–Trinajstić information content (AvgIpc) is 2.55. The number of hydrogen-bond acceptors (Lipinski definition) is 3. The summed E-state index contributed by atoms with van der Waals surface area (Å²) in [6.07, 6.45) is 1.75. The molecular weight excluding hydrogens is 308 g/mol. The number of carboxylic acid groups (broad SMARTS) is 1. The lowest BCUT2D eigenvalue weighted by atomic mass is 9.93. The summed E-state index contributed by atoms with van der Waals surface area (Å²) in [5.41, 5.74) is 0.994. The van der Waals surface area contributed by atoms with Crippen molar-refractivity contribution in [2.75, 3.05) is 0 Å². The monoisotopic (exact) mass is 328 g/mol. The summed E-state index contributed by atoms with van der Waals surface area (Å²) in [6, 6.07) is 11.4. The third-order valence-corrected chi connectivity index (χ3v) is 3.93. The Morgan fingerprint density at radius 3 is 2.42 bits per heavy atom. The van der Waals surface area contributed by atoms with Crippen molar-refractivity contribution in [3.8, 4) is 0 Å². The first-order chi connectivity index (χ1) is 11.4. The first-order valence-corrected chi connectivity index (χ1v) is 7.62. The molecule has 0 aliphatic heterocycles. The molecule has 0 fully saturated rings. The fraction of sp³-hybridized carbons (Fsp3) is 0.278. The minimum atomic E-state index is -0.966. The number of aliphatic carboxylic acids is 1. The number of rotatable bonds is 6. The maximum absolute atomic E-state index is 12.3. The molecule has 0 aliphatic carbocycles. The Morgan fingerprint density at radius 2 is 1.83 bits per heavy atom. The van der Waals surface area contributed by atoms with Gasteiger partial charge < -0.3 is 15.0 Å². The number of amides is 1. The zero-order valence-corrected chi connectivity index (χ0v) is 13.6. The molecule has 0 saturated carbocycles. The third-order valence-electron chi connectivity index (χ3n) is 3.93. The van der Waals surface area contributed by atoms with E-state index >= 15 is 0 Å². The van der Waals surface area contributed by atoms with Crippen LogP contribution in [-0.2, 0) is 18.3 Å². The number of nitrogens with one attached hydrogen (secondary N) is 1. The molecule has 1 aromatic heterocycles. The highest BCUT2D eigenvalue weighted by Crippen LogP contribution is 2.14. The van der Waals surface area contributed by atoms with E-state index in [4.69, 9.17) is 0 Å². The van der Waals surface area contributed by atoms with Gasteiger partial charge in [-0.15, -0.1) is 0 Å². The van der Waals surface area contributed by atoms with Crippen molar-refractivity contribution >= 4 is 11.9 Å². The van der Waals surface area contributed by atoms with Crippen molar-refractivity contribution in [2.24, 2.45) is 13.0 Å². The van der Waals surface area contributed by atoms with E-state index in [0.717, 1.165) is 5.56 Å². The smallest absolute Gasteiger partial charge is 0.308 e. The van der Waals surface area contributed by atoms with Crippen molar-refractivity contribution in [3.05, 3.63) is 70.1 Å². The zero-order chi connectivity index (χ0) is 17.7. The molecule has 2 N–H and O–H groups in total. The van der Waals surface area contributed by atoms with Gasteiger partial charge in [0, 0.05) is 25.4 Å². The number of carbonyl (C=O) groups is 2. The molecule has 24 heavy (non-hydrogen) atoms. The topological polar surface area (TPSA) is 88.4 Å². The van der Waals surface area contributed by atoms with E-state index in [1.165, 1.54) is 22.9 Å². The van der Waals surface area contributed by atoms with Gasteiger partial charge in [0.2, 0.25) is 5.56 Å². The molecule has 1 heterocycles. The van der Waals surface area contributed by atoms with Gasteiger partial charge in [-0.1, -0.05) is 30.3 Å². The molecule has 1 aromatic carbocycles. The van der Waals surface area contributed by atoms with Crippen molar-refractivity contribution in [2.45, 2.75) is 19.4 Å². The Bertz CT molecular complexity index is 783.